The molecule has 2 aromatic rings. The van der Waals surface area contributed by atoms with Crippen molar-refractivity contribution in [1.29, 1.82) is 0 Å². The molecule has 0 spiro atoms. The predicted octanol–water partition coefficient (Wildman–Crippen LogP) is 1.61. The van der Waals surface area contributed by atoms with Gasteiger partial charge in [0.05, 0.1) is 12.2 Å². The summed E-state index contributed by atoms with van der Waals surface area (Å²) in [5, 5.41) is 18.3. The number of carbonyl (C=O) groups excluding carboxylic acids is 2. The topological polar surface area (TPSA) is 110 Å². The highest BCUT2D eigenvalue weighted by Crippen LogP contribution is 2.33. The minimum atomic E-state index is -1.14. The fourth-order valence-corrected chi connectivity index (χ4v) is 2.09. The number of aliphatic hydroxyl groups excluding tert-OH is 1. The molecule has 0 atom stereocenters. The van der Waals surface area contributed by atoms with Gasteiger partial charge in [-0.1, -0.05) is 12.1 Å². The summed E-state index contributed by atoms with van der Waals surface area (Å²) in [7, 11) is 0. The van der Waals surface area contributed by atoms with Crippen LogP contribution in [-0.2, 0) is 16.2 Å². The summed E-state index contributed by atoms with van der Waals surface area (Å²) in [6, 6.07) is 8.95. The van der Waals surface area contributed by atoms with E-state index < -0.39 is 12.6 Å². The maximum absolute atomic E-state index is 11.1. The average molecular weight is 316 g/mol. The van der Waals surface area contributed by atoms with Crippen LogP contribution in [0.4, 0.5) is 0 Å². The summed E-state index contributed by atoms with van der Waals surface area (Å²) in [5.41, 5.74) is 1.45. The van der Waals surface area contributed by atoms with Crippen molar-refractivity contribution in [3.63, 3.8) is 0 Å². The molecule has 0 amide bonds. The van der Waals surface area contributed by atoms with Gasteiger partial charge in [0.25, 0.3) is 12.9 Å². The van der Waals surface area contributed by atoms with E-state index in [9.17, 15) is 19.5 Å². The van der Waals surface area contributed by atoms with Crippen LogP contribution in [-0.4, -0.2) is 29.1 Å². The normalized spacial score (nSPS) is 9.96. The van der Waals surface area contributed by atoms with Crippen molar-refractivity contribution in [3.8, 4) is 22.6 Å². The van der Waals surface area contributed by atoms with Crippen molar-refractivity contribution >= 4 is 18.9 Å². The Bertz CT molecular complexity index is 752. The Morgan fingerprint density at radius 1 is 0.957 bits per heavy atom. The van der Waals surface area contributed by atoms with E-state index in [2.05, 4.69) is 0 Å². The van der Waals surface area contributed by atoms with Crippen LogP contribution < -0.4 is 9.47 Å². The Labute approximate surface area is 130 Å². The Kier molecular flexibility index (Phi) is 5.06. The number of ether oxygens (including phenoxy) is 2. The monoisotopic (exact) mass is 316 g/mol. The van der Waals surface area contributed by atoms with Gasteiger partial charge < -0.3 is 19.7 Å². The van der Waals surface area contributed by atoms with Gasteiger partial charge in [0.2, 0.25) is 0 Å². The van der Waals surface area contributed by atoms with Crippen molar-refractivity contribution in [1.82, 2.24) is 0 Å². The van der Waals surface area contributed by atoms with E-state index in [0.717, 1.165) is 0 Å². The van der Waals surface area contributed by atoms with E-state index in [0.29, 0.717) is 11.1 Å². The van der Waals surface area contributed by atoms with Crippen LogP contribution in [0, 0.1) is 0 Å². The minimum Gasteiger partial charge on any atom is -0.478 e. The van der Waals surface area contributed by atoms with Gasteiger partial charge in [0, 0.05) is 0 Å². The van der Waals surface area contributed by atoms with E-state index in [4.69, 9.17) is 14.6 Å². The quantitative estimate of drug-likeness (QED) is 0.747. The molecule has 7 nitrogen and oxygen atoms in total. The standard InChI is InChI=1S/C16H12O7/c17-7-12-5-10(1-3-13(12)16(20)21)11-2-4-14(22-8-18)15(6-11)23-9-19/h1-6,8-9,17H,7H2,(H,20,21). The lowest BCUT2D eigenvalue weighted by atomic mass is 9.99. The van der Waals surface area contributed by atoms with E-state index in [1.807, 2.05) is 0 Å². The van der Waals surface area contributed by atoms with Gasteiger partial charge in [-0.2, -0.15) is 0 Å². The molecule has 0 aromatic heterocycles. The third-order valence-electron chi connectivity index (χ3n) is 3.13. The maximum Gasteiger partial charge on any atom is 0.336 e. The van der Waals surface area contributed by atoms with Crippen LogP contribution in [0.3, 0.4) is 0 Å². The summed E-state index contributed by atoms with van der Waals surface area (Å²) in [5.74, 6) is -1.03. The number of aliphatic hydroxyl groups is 1. The predicted molar refractivity (Wildman–Crippen MR) is 78.1 cm³/mol. The van der Waals surface area contributed by atoms with Gasteiger partial charge in [0.1, 0.15) is 0 Å². The second-order valence-corrected chi connectivity index (χ2v) is 4.42. The van der Waals surface area contributed by atoms with Crippen molar-refractivity contribution in [3.05, 3.63) is 47.5 Å². The highest BCUT2D eigenvalue weighted by atomic mass is 16.6. The van der Waals surface area contributed by atoms with Gasteiger partial charge >= 0.3 is 5.97 Å². The number of carboxylic acids is 1. The summed E-state index contributed by atoms with van der Waals surface area (Å²) < 4.78 is 9.46. The largest absolute Gasteiger partial charge is 0.478 e. The third-order valence-corrected chi connectivity index (χ3v) is 3.13. The van der Waals surface area contributed by atoms with Crippen LogP contribution in [0.5, 0.6) is 11.5 Å². The summed E-state index contributed by atoms with van der Waals surface area (Å²) >= 11 is 0. The fourth-order valence-electron chi connectivity index (χ4n) is 2.09. The number of hydrogen-bond acceptors (Lipinski definition) is 6. The van der Waals surface area contributed by atoms with Crippen molar-refractivity contribution < 1.29 is 34.1 Å². The first-order chi connectivity index (χ1) is 11.1. The minimum absolute atomic E-state index is 0.00141. The van der Waals surface area contributed by atoms with Gasteiger partial charge in [-0.25, -0.2) is 4.79 Å². The number of hydrogen-bond donors (Lipinski definition) is 2. The second-order valence-electron chi connectivity index (χ2n) is 4.42. The van der Waals surface area contributed by atoms with E-state index in [1.54, 1.807) is 12.1 Å². The van der Waals surface area contributed by atoms with E-state index >= 15 is 0 Å². The van der Waals surface area contributed by atoms with Gasteiger partial charge in [-0.15, -0.1) is 0 Å². The molecule has 0 aliphatic heterocycles. The SMILES string of the molecule is O=COc1ccc(-c2ccc(C(=O)O)c(CO)c2)cc1OC=O. The van der Waals surface area contributed by atoms with Gasteiger partial charge in [-0.3, -0.25) is 9.59 Å². The van der Waals surface area contributed by atoms with Gasteiger partial charge in [-0.05, 0) is 41.0 Å². The molecule has 0 heterocycles. The lowest BCUT2D eigenvalue weighted by Crippen LogP contribution is -2.02. The molecule has 7 heteroatoms. The average Bonchev–Trinajstić information content (AvgIpc) is 2.56. The van der Waals surface area contributed by atoms with Crippen LogP contribution in [0.2, 0.25) is 0 Å². The first-order valence-corrected chi connectivity index (χ1v) is 6.42. The van der Waals surface area contributed by atoms with E-state index in [-0.39, 0.29) is 35.6 Å². The Hall–Kier alpha value is -3.19. The van der Waals surface area contributed by atoms with Crippen LogP contribution in [0.1, 0.15) is 15.9 Å². The Morgan fingerprint density at radius 2 is 1.57 bits per heavy atom. The Balaban J connectivity index is 2.49. The number of benzene rings is 2. The third kappa shape index (κ3) is 3.53. The smallest absolute Gasteiger partial charge is 0.336 e. The summed E-state index contributed by atoms with van der Waals surface area (Å²) in [6.45, 7) is -0.0266. The molecule has 2 aromatic carbocycles. The molecule has 0 bridgehead atoms. The summed E-state index contributed by atoms with van der Waals surface area (Å²) in [4.78, 5) is 32.0. The lowest BCUT2D eigenvalue weighted by Gasteiger charge is -2.10. The molecule has 0 fully saturated rings. The van der Waals surface area contributed by atoms with Crippen LogP contribution in [0.15, 0.2) is 36.4 Å². The first-order valence-electron chi connectivity index (χ1n) is 6.42. The molecule has 0 unspecified atom stereocenters. The molecule has 2 rings (SSSR count). The highest BCUT2D eigenvalue weighted by Gasteiger charge is 2.13. The van der Waals surface area contributed by atoms with Gasteiger partial charge in [0.15, 0.2) is 11.5 Å². The molecular formula is C16H12O7. The molecule has 0 radical (unpaired) electrons. The zero-order valence-corrected chi connectivity index (χ0v) is 11.8. The number of carbonyl (C=O) groups is 3. The number of carboxylic acid groups (broad SMARTS) is 1. The first kappa shape index (κ1) is 16.2. The number of rotatable bonds is 7. The molecular weight excluding hydrogens is 304 g/mol. The van der Waals surface area contributed by atoms with Crippen molar-refractivity contribution in [2.24, 2.45) is 0 Å². The number of aromatic carboxylic acids is 1. The zero-order valence-electron chi connectivity index (χ0n) is 11.8. The molecule has 0 saturated heterocycles. The highest BCUT2D eigenvalue weighted by molar-refractivity contribution is 5.90. The molecule has 23 heavy (non-hydrogen) atoms. The molecule has 0 aliphatic rings. The van der Waals surface area contributed by atoms with Crippen LogP contribution in [0.25, 0.3) is 11.1 Å². The zero-order chi connectivity index (χ0) is 16.8. The lowest BCUT2D eigenvalue weighted by molar-refractivity contribution is -0.123. The molecule has 0 saturated carbocycles. The fraction of sp³-hybridized carbons (Fsp3) is 0.0625. The van der Waals surface area contributed by atoms with Crippen molar-refractivity contribution in [2.75, 3.05) is 0 Å². The summed E-state index contributed by atoms with van der Waals surface area (Å²) in [6.07, 6.45) is 0. The maximum atomic E-state index is 11.1. The molecule has 0 aliphatic carbocycles. The van der Waals surface area contributed by atoms with Crippen molar-refractivity contribution in [2.45, 2.75) is 6.61 Å². The molecule has 2 N–H and O–H groups in total. The van der Waals surface area contributed by atoms with Crippen LogP contribution >= 0.6 is 0 Å². The Morgan fingerprint density at radius 3 is 2.17 bits per heavy atom. The molecule has 118 valence electrons. The second kappa shape index (κ2) is 7.19. The van der Waals surface area contributed by atoms with E-state index in [1.165, 1.54) is 24.3 Å².